The maximum Gasteiger partial charge on any atom is 0.150 e. The lowest BCUT2D eigenvalue weighted by molar-refractivity contribution is 0.344. The van der Waals surface area contributed by atoms with Crippen LogP contribution in [-0.2, 0) is 9.84 Å². The molecule has 0 radical (unpaired) electrons. The van der Waals surface area contributed by atoms with Gasteiger partial charge in [0, 0.05) is 11.8 Å². The normalized spacial score (nSPS) is 28.7. The number of hydrogen-bond acceptors (Lipinski definition) is 3. The highest BCUT2D eigenvalue weighted by atomic mass is 32.2. The molecule has 18 heavy (non-hydrogen) atoms. The number of sulfone groups is 1. The number of rotatable bonds is 8. The summed E-state index contributed by atoms with van der Waals surface area (Å²) in [5, 5.41) is 3.63. The van der Waals surface area contributed by atoms with Crippen LogP contribution in [0.4, 0.5) is 0 Å². The zero-order valence-corrected chi connectivity index (χ0v) is 12.3. The van der Waals surface area contributed by atoms with E-state index in [0.29, 0.717) is 11.5 Å². The molecule has 0 saturated heterocycles. The molecule has 2 unspecified atom stereocenters. The third-order valence-corrected chi connectivity index (χ3v) is 6.32. The first-order valence-electron chi connectivity index (χ1n) is 7.54. The summed E-state index contributed by atoms with van der Waals surface area (Å²) in [4.78, 5) is 0. The van der Waals surface area contributed by atoms with Crippen LogP contribution in [0.5, 0.6) is 0 Å². The maximum atomic E-state index is 11.5. The Balaban J connectivity index is 1.66. The molecule has 3 nitrogen and oxygen atoms in total. The van der Waals surface area contributed by atoms with Crippen molar-refractivity contribution in [2.45, 2.75) is 57.9 Å². The standard InChI is InChI=1S/C14H27NO2S/c1-2-18(16,17)10-4-7-12-5-3-6-13(12)11-15-14-8-9-14/h12-15H,2-11H2,1H3. The third kappa shape index (κ3) is 4.54. The van der Waals surface area contributed by atoms with Gasteiger partial charge in [-0.2, -0.15) is 0 Å². The predicted octanol–water partition coefficient (Wildman–Crippen LogP) is 2.37. The number of nitrogens with one attached hydrogen (secondary N) is 1. The molecule has 0 aromatic carbocycles. The second-order valence-electron chi connectivity index (χ2n) is 6.01. The van der Waals surface area contributed by atoms with Gasteiger partial charge in [-0.1, -0.05) is 19.8 Å². The predicted molar refractivity (Wildman–Crippen MR) is 75.4 cm³/mol. The summed E-state index contributed by atoms with van der Waals surface area (Å²) in [6, 6.07) is 0.798. The minimum absolute atomic E-state index is 0.296. The van der Waals surface area contributed by atoms with Crippen LogP contribution in [0, 0.1) is 11.8 Å². The van der Waals surface area contributed by atoms with Gasteiger partial charge in [0.1, 0.15) is 9.84 Å². The Bertz CT molecular complexity index is 349. The van der Waals surface area contributed by atoms with Crippen molar-refractivity contribution in [3.05, 3.63) is 0 Å². The van der Waals surface area contributed by atoms with E-state index in [0.717, 1.165) is 37.3 Å². The highest BCUT2D eigenvalue weighted by Crippen LogP contribution is 2.35. The monoisotopic (exact) mass is 273 g/mol. The molecule has 1 N–H and O–H groups in total. The molecule has 106 valence electrons. The highest BCUT2D eigenvalue weighted by molar-refractivity contribution is 7.91. The number of hydrogen-bond donors (Lipinski definition) is 1. The zero-order chi connectivity index (χ0) is 13.0. The van der Waals surface area contributed by atoms with Gasteiger partial charge in [0.2, 0.25) is 0 Å². The lowest BCUT2D eigenvalue weighted by atomic mass is 9.92. The molecule has 0 spiro atoms. The molecule has 0 heterocycles. The summed E-state index contributed by atoms with van der Waals surface area (Å²) in [5.74, 6) is 2.26. The molecular formula is C14H27NO2S. The summed E-state index contributed by atoms with van der Waals surface area (Å²) in [6.07, 6.45) is 8.66. The van der Waals surface area contributed by atoms with Gasteiger partial charge in [-0.15, -0.1) is 0 Å². The van der Waals surface area contributed by atoms with E-state index >= 15 is 0 Å². The van der Waals surface area contributed by atoms with E-state index in [4.69, 9.17) is 0 Å². The average Bonchev–Trinajstić information content (AvgIpc) is 3.07. The smallest absolute Gasteiger partial charge is 0.150 e. The highest BCUT2D eigenvalue weighted by Gasteiger charge is 2.29. The maximum absolute atomic E-state index is 11.5. The SMILES string of the molecule is CCS(=O)(=O)CCCC1CCCC1CNC1CC1. The van der Waals surface area contributed by atoms with Crippen LogP contribution in [0.25, 0.3) is 0 Å². The first-order chi connectivity index (χ1) is 8.61. The van der Waals surface area contributed by atoms with Crippen LogP contribution < -0.4 is 5.32 Å². The third-order valence-electron chi connectivity index (χ3n) is 4.53. The van der Waals surface area contributed by atoms with Gasteiger partial charge >= 0.3 is 0 Å². The Morgan fingerprint density at radius 2 is 1.83 bits per heavy atom. The molecule has 0 aromatic rings. The summed E-state index contributed by atoms with van der Waals surface area (Å²) < 4.78 is 22.9. The second-order valence-corrected chi connectivity index (χ2v) is 8.48. The van der Waals surface area contributed by atoms with Gasteiger partial charge in [0.15, 0.2) is 0 Å². The van der Waals surface area contributed by atoms with E-state index in [1.54, 1.807) is 6.92 Å². The quantitative estimate of drug-likeness (QED) is 0.738. The molecule has 0 amide bonds. The van der Waals surface area contributed by atoms with Gasteiger partial charge in [-0.05, 0) is 50.5 Å². The molecular weight excluding hydrogens is 246 g/mol. The van der Waals surface area contributed by atoms with Crippen molar-refractivity contribution in [2.24, 2.45) is 11.8 Å². The van der Waals surface area contributed by atoms with E-state index < -0.39 is 9.84 Å². The first kappa shape index (κ1) is 14.3. The van der Waals surface area contributed by atoms with Crippen LogP contribution in [0.1, 0.15) is 51.9 Å². The molecule has 0 aromatic heterocycles. The van der Waals surface area contributed by atoms with Crippen molar-refractivity contribution >= 4 is 9.84 Å². The van der Waals surface area contributed by atoms with Crippen molar-refractivity contribution in [1.29, 1.82) is 0 Å². The Hall–Kier alpha value is -0.0900. The molecule has 2 fully saturated rings. The van der Waals surface area contributed by atoms with Crippen molar-refractivity contribution in [2.75, 3.05) is 18.1 Å². The Morgan fingerprint density at radius 3 is 2.50 bits per heavy atom. The van der Waals surface area contributed by atoms with E-state index in [1.165, 1.54) is 32.1 Å². The topological polar surface area (TPSA) is 46.2 Å². The first-order valence-corrected chi connectivity index (χ1v) is 9.36. The average molecular weight is 273 g/mol. The lowest BCUT2D eigenvalue weighted by Gasteiger charge is -2.20. The summed E-state index contributed by atoms with van der Waals surface area (Å²) in [6.45, 7) is 2.91. The fourth-order valence-electron chi connectivity index (χ4n) is 3.08. The van der Waals surface area contributed by atoms with Crippen LogP contribution in [0.3, 0.4) is 0 Å². The zero-order valence-electron chi connectivity index (χ0n) is 11.5. The summed E-state index contributed by atoms with van der Waals surface area (Å²) >= 11 is 0. The molecule has 2 aliphatic rings. The lowest BCUT2D eigenvalue weighted by Crippen LogP contribution is -2.27. The second kappa shape index (κ2) is 6.38. The van der Waals surface area contributed by atoms with Gasteiger partial charge in [-0.3, -0.25) is 0 Å². The van der Waals surface area contributed by atoms with E-state index in [9.17, 15) is 8.42 Å². The van der Waals surface area contributed by atoms with E-state index in [2.05, 4.69) is 5.32 Å². The Kier molecular flexibility index (Phi) is 5.07. The van der Waals surface area contributed by atoms with Gasteiger partial charge < -0.3 is 5.32 Å². The van der Waals surface area contributed by atoms with Crippen LogP contribution in [0.2, 0.25) is 0 Å². The van der Waals surface area contributed by atoms with Gasteiger partial charge in [0.25, 0.3) is 0 Å². The van der Waals surface area contributed by atoms with E-state index in [-0.39, 0.29) is 0 Å². The molecule has 0 bridgehead atoms. The minimum Gasteiger partial charge on any atom is -0.314 e. The molecule has 2 atom stereocenters. The van der Waals surface area contributed by atoms with Crippen LogP contribution in [0.15, 0.2) is 0 Å². The van der Waals surface area contributed by atoms with Crippen molar-refractivity contribution in [3.8, 4) is 0 Å². The largest absolute Gasteiger partial charge is 0.314 e. The van der Waals surface area contributed by atoms with Gasteiger partial charge in [0.05, 0.1) is 5.75 Å². The molecule has 4 heteroatoms. The molecule has 0 aliphatic heterocycles. The minimum atomic E-state index is -2.76. The van der Waals surface area contributed by atoms with E-state index in [1.807, 2.05) is 0 Å². The van der Waals surface area contributed by atoms with Crippen LogP contribution in [-0.4, -0.2) is 32.5 Å². The summed E-state index contributed by atoms with van der Waals surface area (Å²) in [5.41, 5.74) is 0. The van der Waals surface area contributed by atoms with Crippen molar-refractivity contribution in [3.63, 3.8) is 0 Å². The summed E-state index contributed by atoms with van der Waals surface area (Å²) in [7, 11) is -2.76. The van der Waals surface area contributed by atoms with Crippen molar-refractivity contribution in [1.82, 2.24) is 5.32 Å². The Labute approximate surface area is 112 Å². The fourth-order valence-corrected chi connectivity index (χ4v) is 3.97. The Morgan fingerprint density at radius 1 is 1.11 bits per heavy atom. The van der Waals surface area contributed by atoms with Gasteiger partial charge in [-0.25, -0.2) is 8.42 Å². The van der Waals surface area contributed by atoms with Crippen LogP contribution >= 0.6 is 0 Å². The molecule has 2 saturated carbocycles. The fraction of sp³-hybridized carbons (Fsp3) is 1.00. The van der Waals surface area contributed by atoms with Crippen molar-refractivity contribution < 1.29 is 8.42 Å². The molecule has 2 aliphatic carbocycles. The molecule has 2 rings (SSSR count).